The van der Waals surface area contributed by atoms with E-state index in [0.29, 0.717) is 16.8 Å². The predicted octanol–water partition coefficient (Wildman–Crippen LogP) is 1.54. The predicted molar refractivity (Wildman–Crippen MR) is 54.7 cm³/mol. The minimum Gasteiger partial charge on any atom is -0.481 e. The van der Waals surface area contributed by atoms with E-state index in [-0.39, 0.29) is 6.42 Å². The number of carboxylic acids is 1. The normalized spacial score (nSPS) is 9.20. The van der Waals surface area contributed by atoms with Crippen molar-refractivity contribution in [1.82, 2.24) is 0 Å². The van der Waals surface area contributed by atoms with Crippen LogP contribution in [-0.2, 0) is 4.79 Å². The van der Waals surface area contributed by atoms with E-state index in [1.54, 1.807) is 6.92 Å². The highest BCUT2D eigenvalue weighted by atomic mass is 19.1. The number of carboxylic acid groups (broad SMARTS) is 1. The topological polar surface area (TPSA) is 63.3 Å². The maximum atomic E-state index is 13.0. The summed E-state index contributed by atoms with van der Waals surface area (Å²) >= 11 is 0. The van der Waals surface area contributed by atoms with E-state index in [1.165, 1.54) is 12.1 Å². The van der Waals surface area contributed by atoms with Crippen LogP contribution in [0.3, 0.4) is 0 Å². The highest BCUT2D eigenvalue weighted by molar-refractivity contribution is 5.70. The summed E-state index contributed by atoms with van der Waals surface area (Å²) in [5.74, 6) is 3.48. The van der Waals surface area contributed by atoms with Crippen LogP contribution in [0.1, 0.15) is 17.5 Å². The second kappa shape index (κ2) is 4.47. The summed E-state index contributed by atoms with van der Waals surface area (Å²) in [4.78, 5) is 10.2. The van der Waals surface area contributed by atoms with Crippen molar-refractivity contribution in [1.29, 1.82) is 0 Å². The summed E-state index contributed by atoms with van der Waals surface area (Å²) in [7, 11) is 0. The van der Waals surface area contributed by atoms with Gasteiger partial charge in [0.25, 0.3) is 0 Å². The second-order valence-corrected chi connectivity index (χ2v) is 3.06. The number of halogens is 1. The van der Waals surface area contributed by atoms with Gasteiger partial charge in [0.05, 0.1) is 11.3 Å². The average Bonchev–Trinajstić information content (AvgIpc) is 2.12. The number of carbonyl (C=O) groups is 1. The molecule has 0 atom stereocenters. The van der Waals surface area contributed by atoms with Crippen molar-refractivity contribution in [3.63, 3.8) is 0 Å². The molecule has 0 aliphatic heterocycles. The number of nitrogen functional groups attached to an aromatic ring is 1. The number of hydrogen-bond donors (Lipinski definition) is 2. The van der Waals surface area contributed by atoms with Crippen LogP contribution in [0.2, 0.25) is 0 Å². The van der Waals surface area contributed by atoms with Crippen LogP contribution in [0.25, 0.3) is 0 Å². The summed E-state index contributed by atoms with van der Waals surface area (Å²) in [6.45, 7) is 1.67. The molecule has 15 heavy (non-hydrogen) atoms. The standard InChI is InChI=1S/C11H10FNO2/c1-7-5-9(12)6-8(11(7)13)3-2-4-10(14)15/h5-6H,4,13H2,1H3,(H,14,15). The molecule has 3 N–H and O–H groups in total. The molecule has 0 amide bonds. The number of aryl methyl sites for hydroxylation is 1. The molecule has 0 heterocycles. The molecule has 0 unspecified atom stereocenters. The zero-order chi connectivity index (χ0) is 11.4. The zero-order valence-electron chi connectivity index (χ0n) is 8.17. The number of nitrogens with two attached hydrogens (primary N) is 1. The zero-order valence-corrected chi connectivity index (χ0v) is 8.17. The van der Waals surface area contributed by atoms with Crippen LogP contribution in [0, 0.1) is 24.6 Å². The molecule has 0 aromatic heterocycles. The largest absolute Gasteiger partial charge is 0.481 e. The third-order valence-electron chi connectivity index (χ3n) is 1.81. The fourth-order valence-electron chi connectivity index (χ4n) is 1.07. The van der Waals surface area contributed by atoms with E-state index >= 15 is 0 Å². The maximum absolute atomic E-state index is 13.0. The molecule has 0 aliphatic carbocycles. The molecular formula is C11H10FNO2. The first-order chi connectivity index (χ1) is 7.00. The van der Waals surface area contributed by atoms with Gasteiger partial charge in [-0.1, -0.05) is 11.8 Å². The number of rotatable bonds is 1. The van der Waals surface area contributed by atoms with Gasteiger partial charge in [0.15, 0.2) is 0 Å². The van der Waals surface area contributed by atoms with Crippen molar-refractivity contribution >= 4 is 11.7 Å². The molecule has 0 aliphatic rings. The third kappa shape index (κ3) is 2.99. The Morgan fingerprint density at radius 1 is 1.60 bits per heavy atom. The molecule has 0 fully saturated rings. The van der Waals surface area contributed by atoms with Gasteiger partial charge in [0.1, 0.15) is 12.2 Å². The first kappa shape index (κ1) is 11.1. The van der Waals surface area contributed by atoms with Crippen molar-refractivity contribution in [2.24, 2.45) is 0 Å². The second-order valence-electron chi connectivity index (χ2n) is 3.06. The molecule has 78 valence electrons. The van der Waals surface area contributed by atoms with E-state index in [4.69, 9.17) is 10.8 Å². The van der Waals surface area contributed by atoms with Crippen LogP contribution >= 0.6 is 0 Å². The van der Waals surface area contributed by atoms with Gasteiger partial charge in [-0.3, -0.25) is 4.79 Å². The fourth-order valence-corrected chi connectivity index (χ4v) is 1.07. The molecular weight excluding hydrogens is 197 g/mol. The van der Waals surface area contributed by atoms with Crippen molar-refractivity contribution in [2.45, 2.75) is 13.3 Å². The van der Waals surface area contributed by atoms with E-state index in [1.807, 2.05) is 0 Å². The van der Waals surface area contributed by atoms with Gasteiger partial charge >= 0.3 is 5.97 Å². The van der Waals surface area contributed by atoms with Gasteiger partial charge in [0.2, 0.25) is 0 Å². The molecule has 1 rings (SSSR count). The van der Waals surface area contributed by atoms with Crippen LogP contribution in [0.15, 0.2) is 12.1 Å². The molecule has 1 aromatic rings. The minimum atomic E-state index is -1.02. The van der Waals surface area contributed by atoms with E-state index in [2.05, 4.69) is 11.8 Å². The quantitative estimate of drug-likeness (QED) is 0.542. The number of anilines is 1. The van der Waals surface area contributed by atoms with Crippen molar-refractivity contribution < 1.29 is 14.3 Å². The Labute approximate surface area is 86.7 Å². The lowest BCUT2D eigenvalue weighted by molar-refractivity contribution is -0.135. The average molecular weight is 207 g/mol. The van der Waals surface area contributed by atoms with Crippen LogP contribution < -0.4 is 5.73 Å². The van der Waals surface area contributed by atoms with Gasteiger partial charge in [-0.2, -0.15) is 0 Å². The van der Waals surface area contributed by atoms with Crippen LogP contribution in [-0.4, -0.2) is 11.1 Å². The fraction of sp³-hybridized carbons (Fsp3) is 0.182. The van der Waals surface area contributed by atoms with Crippen molar-refractivity contribution in [3.8, 4) is 11.8 Å². The smallest absolute Gasteiger partial charge is 0.315 e. The molecule has 0 bridgehead atoms. The summed E-state index contributed by atoms with van der Waals surface area (Å²) in [5.41, 5.74) is 6.96. The molecule has 0 saturated heterocycles. The van der Waals surface area contributed by atoms with E-state index < -0.39 is 11.8 Å². The van der Waals surface area contributed by atoms with Crippen molar-refractivity contribution in [2.75, 3.05) is 5.73 Å². The molecule has 0 saturated carbocycles. The SMILES string of the molecule is Cc1cc(F)cc(C#CCC(=O)O)c1N. The third-order valence-corrected chi connectivity index (χ3v) is 1.81. The Bertz CT molecular complexity index is 458. The number of benzene rings is 1. The highest BCUT2D eigenvalue weighted by Crippen LogP contribution is 2.17. The molecule has 3 nitrogen and oxygen atoms in total. The maximum Gasteiger partial charge on any atom is 0.315 e. The Morgan fingerprint density at radius 3 is 2.87 bits per heavy atom. The van der Waals surface area contributed by atoms with E-state index in [0.717, 1.165) is 0 Å². The Hall–Kier alpha value is -2.02. The lowest BCUT2D eigenvalue weighted by Crippen LogP contribution is -1.96. The summed E-state index contributed by atoms with van der Waals surface area (Å²) < 4.78 is 13.0. The Kier molecular flexibility index (Phi) is 3.29. The number of aliphatic carboxylic acids is 1. The summed E-state index contributed by atoms with van der Waals surface area (Å²) in [5, 5.41) is 8.36. The van der Waals surface area contributed by atoms with Crippen LogP contribution in [0.4, 0.5) is 10.1 Å². The summed E-state index contributed by atoms with van der Waals surface area (Å²) in [6.07, 6.45) is -0.283. The van der Waals surface area contributed by atoms with Gasteiger partial charge in [-0.25, -0.2) is 4.39 Å². The molecule has 4 heteroatoms. The monoisotopic (exact) mass is 207 g/mol. The van der Waals surface area contributed by atoms with E-state index in [9.17, 15) is 9.18 Å². The lowest BCUT2D eigenvalue weighted by Gasteiger charge is -2.02. The summed E-state index contributed by atoms with van der Waals surface area (Å²) in [6, 6.07) is 2.49. The van der Waals surface area contributed by atoms with Gasteiger partial charge < -0.3 is 10.8 Å². The molecule has 0 spiro atoms. The lowest BCUT2D eigenvalue weighted by atomic mass is 10.1. The molecule has 1 aromatic carbocycles. The van der Waals surface area contributed by atoms with Gasteiger partial charge in [-0.15, -0.1) is 0 Å². The van der Waals surface area contributed by atoms with Crippen LogP contribution in [0.5, 0.6) is 0 Å². The Balaban J connectivity index is 3.02. The number of hydrogen-bond acceptors (Lipinski definition) is 2. The molecule has 0 radical (unpaired) electrons. The van der Waals surface area contributed by atoms with Gasteiger partial charge in [0, 0.05) is 0 Å². The van der Waals surface area contributed by atoms with Gasteiger partial charge in [-0.05, 0) is 24.6 Å². The minimum absolute atomic E-state index is 0.283. The Morgan fingerprint density at radius 2 is 2.27 bits per heavy atom. The van der Waals surface area contributed by atoms with Crippen molar-refractivity contribution in [3.05, 3.63) is 29.1 Å². The highest BCUT2D eigenvalue weighted by Gasteiger charge is 2.02. The first-order valence-electron chi connectivity index (χ1n) is 4.27. The first-order valence-corrected chi connectivity index (χ1v) is 4.27.